The first-order valence-corrected chi connectivity index (χ1v) is 12.1. The molecule has 4 heterocycles. The molecule has 1 aliphatic rings. The molecule has 3 N–H and O–H groups in total. The number of aliphatic hydroxyl groups excluding tert-OH is 1. The Kier molecular flexibility index (Phi) is 6.87. The van der Waals surface area contributed by atoms with Crippen LogP contribution in [0.4, 0.5) is 24.9 Å². The van der Waals surface area contributed by atoms with Gasteiger partial charge in [-0.05, 0) is 18.2 Å². The van der Waals surface area contributed by atoms with Crippen LogP contribution in [0.15, 0.2) is 41.7 Å². The second-order valence-corrected chi connectivity index (χ2v) is 9.75. The molecule has 0 bridgehead atoms. The van der Waals surface area contributed by atoms with Crippen molar-refractivity contribution in [1.29, 1.82) is 0 Å². The Morgan fingerprint density at radius 2 is 1.77 bits per heavy atom. The minimum atomic E-state index is -4.73. The minimum Gasteiger partial charge on any atom is -0.395 e. The molecule has 4 rings (SSSR count). The molecule has 3 aromatic heterocycles. The van der Waals surface area contributed by atoms with Crippen molar-refractivity contribution in [2.24, 2.45) is 0 Å². The average molecular weight is 510 g/mol. The molecule has 3 aromatic rings. The van der Waals surface area contributed by atoms with Gasteiger partial charge in [0.1, 0.15) is 5.82 Å². The lowest BCUT2D eigenvalue weighted by atomic mass is 10.0. The number of halogens is 3. The van der Waals surface area contributed by atoms with E-state index in [1.54, 1.807) is 4.90 Å². The summed E-state index contributed by atoms with van der Waals surface area (Å²) < 4.78 is 71.5. The van der Waals surface area contributed by atoms with Crippen molar-refractivity contribution < 1.29 is 31.4 Å². The van der Waals surface area contributed by atoms with E-state index in [1.807, 2.05) is 0 Å². The quantitative estimate of drug-likeness (QED) is 0.504. The summed E-state index contributed by atoms with van der Waals surface area (Å²) in [7, 11) is -3.82. The summed E-state index contributed by atoms with van der Waals surface area (Å²) in [6, 6.07) is 3.35. The summed E-state index contributed by atoms with van der Waals surface area (Å²) in [6.45, 7) is 1.03. The van der Waals surface area contributed by atoms with Crippen molar-refractivity contribution in [2.75, 3.05) is 49.3 Å². The van der Waals surface area contributed by atoms with E-state index >= 15 is 0 Å². The molecule has 0 aliphatic carbocycles. The number of hydrogen-bond donors (Lipinski definition) is 2. The molecule has 0 atom stereocenters. The second-order valence-electron chi connectivity index (χ2n) is 7.64. The lowest BCUT2D eigenvalue weighted by Crippen LogP contribution is -2.37. The van der Waals surface area contributed by atoms with Crippen LogP contribution in [0.3, 0.4) is 0 Å². The van der Waals surface area contributed by atoms with Crippen molar-refractivity contribution >= 4 is 21.6 Å². The largest absolute Gasteiger partial charge is 0.417 e. The van der Waals surface area contributed by atoms with Crippen LogP contribution in [0.2, 0.25) is 0 Å². The summed E-state index contributed by atoms with van der Waals surface area (Å²) in [4.78, 5) is 18.2. The molecule has 0 aromatic carbocycles. The Bertz CT molecular complexity index is 1330. The fraction of sp³-hybridized carbons (Fsp3) is 0.333. The molecule has 0 amide bonds. The number of sulfone groups is 1. The standard InChI is InChI=1S/C21H21F3N6O4S/c22-21(23,24)16-8-19(25)27-12-15(16)18-9-17(28-20(29-18)30-1-4-34-5-2-30)13-7-14(11-26-10-13)35(32,33)6-3-31/h7-12,31H,1-6H2,(H2,25,27). The van der Waals surface area contributed by atoms with Gasteiger partial charge in [0.15, 0.2) is 9.84 Å². The molecule has 0 spiro atoms. The molecular weight excluding hydrogens is 489 g/mol. The SMILES string of the molecule is Nc1cc(C(F)(F)F)c(-c2cc(-c3cncc(S(=O)(=O)CCO)c3)nc(N3CCOCC3)n2)cn1. The highest BCUT2D eigenvalue weighted by Gasteiger charge is 2.35. The van der Waals surface area contributed by atoms with E-state index in [9.17, 15) is 21.6 Å². The highest BCUT2D eigenvalue weighted by molar-refractivity contribution is 7.91. The smallest absolute Gasteiger partial charge is 0.395 e. The number of aliphatic hydroxyl groups is 1. The van der Waals surface area contributed by atoms with Gasteiger partial charge in [-0.15, -0.1) is 0 Å². The number of alkyl halides is 3. The fourth-order valence-corrected chi connectivity index (χ4v) is 4.51. The van der Waals surface area contributed by atoms with Gasteiger partial charge in [-0.25, -0.2) is 23.4 Å². The zero-order chi connectivity index (χ0) is 25.2. The van der Waals surface area contributed by atoms with Crippen LogP contribution in [-0.4, -0.2) is 72.1 Å². The molecule has 14 heteroatoms. The lowest BCUT2D eigenvalue weighted by Gasteiger charge is -2.27. The maximum absolute atomic E-state index is 13.8. The van der Waals surface area contributed by atoms with Gasteiger partial charge in [-0.3, -0.25) is 4.98 Å². The zero-order valence-corrected chi connectivity index (χ0v) is 19.1. The first kappa shape index (κ1) is 24.8. The van der Waals surface area contributed by atoms with Crippen molar-refractivity contribution in [1.82, 2.24) is 19.9 Å². The van der Waals surface area contributed by atoms with E-state index < -0.39 is 33.9 Å². The van der Waals surface area contributed by atoms with Gasteiger partial charge in [-0.2, -0.15) is 13.2 Å². The Hall–Kier alpha value is -3.36. The molecule has 10 nitrogen and oxygen atoms in total. The molecule has 0 unspecified atom stereocenters. The topological polar surface area (TPSA) is 144 Å². The van der Waals surface area contributed by atoms with Crippen molar-refractivity contribution in [3.05, 3.63) is 42.4 Å². The van der Waals surface area contributed by atoms with Gasteiger partial charge >= 0.3 is 6.18 Å². The third-order valence-electron chi connectivity index (χ3n) is 5.24. The van der Waals surface area contributed by atoms with Crippen molar-refractivity contribution in [3.8, 4) is 22.5 Å². The van der Waals surface area contributed by atoms with Crippen molar-refractivity contribution in [2.45, 2.75) is 11.1 Å². The molecule has 186 valence electrons. The maximum atomic E-state index is 13.8. The molecular formula is C21H21F3N6O4S. The maximum Gasteiger partial charge on any atom is 0.417 e. The highest BCUT2D eigenvalue weighted by Crippen LogP contribution is 2.38. The van der Waals surface area contributed by atoms with Gasteiger partial charge in [0.2, 0.25) is 5.95 Å². The van der Waals surface area contributed by atoms with E-state index in [4.69, 9.17) is 15.6 Å². The minimum absolute atomic E-state index is 0.0695. The summed E-state index contributed by atoms with van der Waals surface area (Å²) in [5.74, 6) is -0.651. The molecule has 1 aliphatic heterocycles. The number of ether oxygens (including phenoxy) is 1. The number of nitrogens with two attached hydrogens (primary N) is 1. The van der Waals surface area contributed by atoms with Crippen LogP contribution in [0.5, 0.6) is 0 Å². The Balaban J connectivity index is 1.90. The predicted molar refractivity (Wildman–Crippen MR) is 120 cm³/mol. The normalized spacial score (nSPS) is 14.8. The van der Waals surface area contributed by atoms with Crippen LogP contribution >= 0.6 is 0 Å². The van der Waals surface area contributed by atoms with Crippen LogP contribution in [0, 0.1) is 0 Å². The van der Waals surface area contributed by atoms with E-state index in [0.717, 1.165) is 18.5 Å². The Labute approximate surface area is 198 Å². The number of morpholine rings is 1. The third-order valence-corrected chi connectivity index (χ3v) is 6.90. The van der Waals surface area contributed by atoms with Gasteiger partial charge < -0.3 is 20.5 Å². The third kappa shape index (κ3) is 5.49. The van der Waals surface area contributed by atoms with Crippen LogP contribution < -0.4 is 10.6 Å². The Morgan fingerprint density at radius 1 is 1.06 bits per heavy atom. The van der Waals surface area contributed by atoms with E-state index in [-0.39, 0.29) is 39.2 Å². The average Bonchev–Trinajstić information content (AvgIpc) is 2.84. The zero-order valence-electron chi connectivity index (χ0n) is 18.2. The molecule has 1 saturated heterocycles. The predicted octanol–water partition coefficient (Wildman–Crippen LogP) is 1.80. The van der Waals surface area contributed by atoms with Crippen LogP contribution in [0.1, 0.15) is 5.56 Å². The monoisotopic (exact) mass is 510 g/mol. The first-order chi connectivity index (χ1) is 16.6. The van der Waals surface area contributed by atoms with Gasteiger partial charge in [-0.1, -0.05) is 0 Å². The summed E-state index contributed by atoms with van der Waals surface area (Å²) in [5, 5.41) is 9.06. The first-order valence-electron chi connectivity index (χ1n) is 10.4. The number of aromatic nitrogens is 4. The van der Waals surface area contributed by atoms with Crippen LogP contribution in [-0.2, 0) is 20.8 Å². The van der Waals surface area contributed by atoms with E-state index in [0.29, 0.717) is 26.3 Å². The van der Waals surface area contributed by atoms with Gasteiger partial charge in [0, 0.05) is 42.8 Å². The van der Waals surface area contributed by atoms with E-state index in [2.05, 4.69) is 19.9 Å². The molecule has 0 saturated carbocycles. The highest BCUT2D eigenvalue weighted by atomic mass is 32.2. The van der Waals surface area contributed by atoms with Crippen molar-refractivity contribution in [3.63, 3.8) is 0 Å². The Morgan fingerprint density at radius 3 is 2.46 bits per heavy atom. The molecule has 35 heavy (non-hydrogen) atoms. The lowest BCUT2D eigenvalue weighted by molar-refractivity contribution is -0.137. The van der Waals surface area contributed by atoms with Crippen LogP contribution in [0.25, 0.3) is 22.5 Å². The summed E-state index contributed by atoms with van der Waals surface area (Å²) in [5.41, 5.74) is 4.53. The summed E-state index contributed by atoms with van der Waals surface area (Å²) >= 11 is 0. The fourth-order valence-electron chi connectivity index (χ4n) is 3.50. The number of nitrogens with zero attached hydrogens (tertiary/aromatic N) is 5. The molecule has 0 radical (unpaired) electrons. The second kappa shape index (κ2) is 9.71. The molecule has 1 fully saturated rings. The van der Waals surface area contributed by atoms with Gasteiger partial charge in [0.25, 0.3) is 0 Å². The van der Waals surface area contributed by atoms with Gasteiger partial charge in [0.05, 0.1) is 47.4 Å². The number of pyridine rings is 2. The number of nitrogen functional groups attached to an aromatic ring is 1. The number of hydrogen-bond acceptors (Lipinski definition) is 10. The van der Waals surface area contributed by atoms with E-state index in [1.165, 1.54) is 18.3 Å². The number of anilines is 2. The number of rotatable bonds is 6. The summed E-state index contributed by atoms with van der Waals surface area (Å²) in [6.07, 6.45) is -1.26.